The lowest BCUT2D eigenvalue weighted by Crippen LogP contribution is -2.37. The molecule has 0 bridgehead atoms. The zero-order valence-electron chi connectivity index (χ0n) is 12.2. The highest BCUT2D eigenvalue weighted by molar-refractivity contribution is 7.07. The Bertz CT molecular complexity index is 580. The summed E-state index contributed by atoms with van der Waals surface area (Å²) in [5, 5.41) is 23.4. The Labute approximate surface area is 127 Å². The van der Waals surface area contributed by atoms with Gasteiger partial charge in [0.25, 0.3) is 0 Å². The number of aromatic nitrogens is 2. The first-order valence-electron chi connectivity index (χ1n) is 6.83. The number of nitrogens with one attached hydrogen (secondary N) is 2. The fourth-order valence-corrected chi connectivity index (χ4v) is 2.75. The van der Waals surface area contributed by atoms with E-state index >= 15 is 0 Å². The van der Waals surface area contributed by atoms with E-state index in [1.165, 1.54) is 11.3 Å². The van der Waals surface area contributed by atoms with Gasteiger partial charge in [-0.3, -0.25) is 4.68 Å². The molecule has 0 fully saturated rings. The summed E-state index contributed by atoms with van der Waals surface area (Å²) in [5.41, 5.74) is 2.81. The third-order valence-electron chi connectivity index (χ3n) is 3.15. The summed E-state index contributed by atoms with van der Waals surface area (Å²) in [6, 6.07) is 1.55. The highest BCUT2D eigenvalue weighted by Gasteiger charge is 2.11. The molecule has 0 radical (unpaired) electrons. The second-order valence-electron chi connectivity index (χ2n) is 4.76. The number of urea groups is 1. The molecule has 2 aromatic rings. The molecule has 0 spiro atoms. The van der Waals surface area contributed by atoms with E-state index in [1.807, 2.05) is 37.0 Å². The third-order valence-corrected chi connectivity index (χ3v) is 3.85. The second-order valence-corrected chi connectivity index (χ2v) is 5.54. The van der Waals surface area contributed by atoms with Gasteiger partial charge in [0, 0.05) is 31.9 Å². The summed E-state index contributed by atoms with van der Waals surface area (Å²) in [6.45, 7) is 2.65. The summed E-state index contributed by atoms with van der Waals surface area (Å²) >= 11 is 1.52. The number of hydrogen-bond donors (Lipinski definition) is 3. The maximum absolute atomic E-state index is 11.7. The van der Waals surface area contributed by atoms with Crippen LogP contribution in [0.15, 0.2) is 23.0 Å². The lowest BCUT2D eigenvalue weighted by atomic mass is 10.2. The Hall–Kier alpha value is -1.86. The molecule has 2 rings (SSSR count). The molecular formula is C14H20N4O2S. The molecule has 0 saturated carbocycles. The molecule has 21 heavy (non-hydrogen) atoms. The summed E-state index contributed by atoms with van der Waals surface area (Å²) in [5.74, 6) is 0. The molecule has 0 aliphatic carbocycles. The quantitative estimate of drug-likeness (QED) is 0.758. The molecule has 0 aliphatic rings. The highest BCUT2D eigenvalue weighted by atomic mass is 32.1. The molecule has 0 saturated heterocycles. The summed E-state index contributed by atoms with van der Waals surface area (Å²) in [6.07, 6.45) is 2.06. The van der Waals surface area contributed by atoms with Crippen LogP contribution in [0.1, 0.15) is 29.8 Å². The van der Waals surface area contributed by atoms with E-state index in [9.17, 15) is 9.90 Å². The first-order chi connectivity index (χ1) is 10.1. The fourth-order valence-electron chi connectivity index (χ4n) is 2.04. The van der Waals surface area contributed by atoms with E-state index < -0.39 is 6.10 Å². The van der Waals surface area contributed by atoms with Gasteiger partial charge in [-0.15, -0.1) is 0 Å². The third kappa shape index (κ3) is 4.30. The summed E-state index contributed by atoms with van der Waals surface area (Å²) in [4.78, 5) is 11.7. The van der Waals surface area contributed by atoms with Gasteiger partial charge in [0.15, 0.2) is 0 Å². The van der Waals surface area contributed by atoms with Gasteiger partial charge in [-0.05, 0) is 28.8 Å². The average molecular weight is 308 g/mol. The number of aryl methyl sites for hydroxylation is 2. The van der Waals surface area contributed by atoms with E-state index in [4.69, 9.17) is 0 Å². The predicted molar refractivity (Wildman–Crippen MR) is 82.1 cm³/mol. The lowest BCUT2D eigenvalue weighted by molar-refractivity contribution is 0.173. The topological polar surface area (TPSA) is 79.2 Å². The number of hydrogen-bond acceptors (Lipinski definition) is 4. The Kier molecular flexibility index (Phi) is 5.35. The van der Waals surface area contributed by atoms with E-state index in [1.54, 1.807) is 4.68 Å². The molecule has 1 unspecified atom stereocenters. The molecule has 0 aliphatic heterocycles. The lowest BCUT2D eigenvalue weighted by Gasteiger charge is -2.11. The van der Waals surface area contributed by atoms with Crippen molar-refractivity contribution in [1.29, 1.82) is 0 Å². The van der Waals surface area contributed by atoms with Crippen molar-refractivity contribution in [1.82, 2.24) is 20.4 Å². The molecule has 114 valence electrons. The Morgan fingerprint density at radius 3 is 3.00 bits per heavy atom. The number of thiophene rings is 1. The first kappa shape index (κ1) is 15.5. The van der Waals surface area contributed by atoms with Crippen LogP contribution in [0.2, 0.25) is 0 Å². The van der Waals surface area contributed by atoms with Crippen molar-refractivity contribution < 1.29 is 9.90 Å². The van der Waals surface area contributed by atoms with Crippen molar-refractivity contribution in [2.45, 2.75) is 26.0 Å². The SMILES string of the molecule is CCc1nn(C)cc1CNC(=O)NCC(O)c1ccsc1. The number of amides is 2. The van der Waals surface area contributed by atoms with Gasteiger partial charge >= 0.3 is 6.03 Å². The maximum atomic E-state index is 11.7. The van der Waals surface area contributed by atoms with Crippen LogP contribution >= 0.6 is 11.3 Å². The smallest absolute Gasteiger partial charge is 0.315 e. The van der Waals surface area contributed by atoms with Crippen LogP contribution in [-0.2, 0) is 20.0 Å². The van der Waals surface area contributed by atoms with Crippen molar-refractivity contribution in [3.05, 3.63) is 39.8 Å². The Morgan fingerprint density at radius 2 is 2.33 bits per heavy atom. The van der Waals surface area contributed by atoms with E-state index in [-0.39, 0.29) is 12.6 Å². The summed E-state index contributed by atoms with van der Waals surface area (Å²) in [7, 11) is 1.86. The van der Waals surface area contributed by atoms with Crippen LogP contribution in [0.3, 0.4) is 0 Å². The normalized spacial score (nSPS) is 12.1. The van der Waals surface area contributed by atoms with Crippen molar-refractivity contribution in [3.8, 4) is 0 Å². The van der Waals surface area contributed by atoms with Gasteiger partial charge in [0.2, 0.25) is 0 Å². The molecule has 2 amide bonds. The van der Waals surface area contributed by atoms with Crippen LogP contribution < -0.4 is 10.6 Å². The molecule has 2 heterocycles. The first-order valence-corrected chi connectivity index (χ1v) is 7.77. The Morgan fingerprint density at radius 1 is 1.52 bits per heavy atom. The van der Waals surface area contributed by atoms with Crippen molar-refractivity contribution in [3.63, 3.8) is 0 Å². The minimum atomic E-state index is -0.674. The van der Waals surface area contributed by atoms with Crippen LogP contribution in [0.4, 0.5) is 4.79 Å². The van der Waals surface area contributed by atoms with Crippen molar-refractivity contribution >= 4 is 17.4 Å². The number of rotatable bonds is 6. The molecule has 0 aromatic carbocycles. The molecule has 1 atom stereocenters. The van der Waals surface area contributed by atoms with Crippen LogP contribution in [0, 0.1) is 0 Å². The zero-order chi connectivity index (χ0) is 15.2. The van der Waals surface area contributed by atoms with E-state index in [0.717, 1.165) is 23.2 Å². The molecular weight excluding hydrogens is 288 g/mol. The number of nitrogens with zero attached hydrogens (tertiary/aromatic N) is 2. The summed E-state index contributed by atoms with van der Waals surface area (Å²) < 4.78 is 1.74. The van der Waals surface area contributed by atoms with E-state index in [0.29, 0.717) is 6.54 Å². The van der Waals surface area contributed by atoms with Crippen LogP contribution in [0.25, 0.3) is 0 Å². The zero-order valence-corrected chi connectivity index (χ0v) is 13.0. The fraction of sp³-hybridized carbons (Fsp3) is 0.429. The minimum Gasteiger partial charge on any atom is -0.387 e. The Balaban J connectivity index is 1.77. The molecule has 6 nitrogen and oxygen atoms in total. The number of carbonyl (C=O) groups excluding carboxylic acids is 1. The van der Waals surface area contributed by atoms with Gasteiger partial charge in [0.1, 0.15) is 0 Å². The van der Waals surface area contributed by atoms with Crippen molar-refractivity contribution in [2.24, 2.45) is 7.05 Å². The second kappa shape index (κ2) is 7.24. The van der Waals surface area contributed by atoms with Crippen LogP contribution in [-0.4, -0.2) is 27.5 Å². The van der Waals surface area contributed by atoms with Gasteiger partial charge in [-0.25, -0.2) is 4.79 Å². The van der Waals surface area contributed by atoms with Crippen molar-refractivity contribution in [2.75, 3.05) is 6.54 Å². The largest absolute Gasteiger partial charge is 0.387 e. The average Bonchev–Trinajstić information content (AvgIpc) is 3.11. The van der Waals surface area contributed by atoms with Gasteiger partial charge in [-0.1, -0.05) is 6.92 Å². The molecule has 3 N–H and O–H groups in total. The highest BCUT2D eigenvalue weighted by Crippen LogP contribution is 2.14. The monoisotopic (exact) mass is 308 g/mol. The minimum absolute atomic E-state index is 0.191. The molecule has 7 heteroatoms. The number of aliphatic hydroxyl groups excluding tert-OH is 1. The molecule has 2 aromatic heterocycles. The van der Waals surface area contributed by atoms with Gasteiger partial charge < -0.3 is 15.7 Å². The predicted octanol–water partition coefficient (Wildman–Crippen LogP) is 1.58. The standard InChI is InChI=1S/C14H20N4O2S/c1-3-12-11(8-18(2)17-12)6-15-14(20)16-7-13(19)10-4-5-21-9-10/h4-5,8-9,13,19H,3,6-7H2,1-2H3,(H2,15,16,20). The van der Waals surface area contributed by atoms with E-state index in [2.05, 4.69) is 15.7 Å². The van der Waals surface area contributed by atoms with Gasteiger partial charge in [0.05, 0.1) is 11.8 Å². The van der Waals surface area contributed by atoms with Crippen LogP contribution in [0.5, 0.6) is 0 Å². The number of aliphatic hydroxyl groups is 1. The number of carbonyl (C=O) groups is 1. The maximum Gasteiger partial charge on any atom is 0.315 e. The van der Waals surface area contributed by atoms with Gasteiger partial charge in [-0.2, -0.15) is 16.4 Å².